The van der Waals surface area contributed by atoms with E-state index in [0.29, 0.717) is 25.7 Å². The number of phosphoric ester groups is 2. The third kappa shape index (κ3) is 77.2. The SMILES string of the molecule is CCCCCCCCCCCCCCCCCCC(=O)O[C@H](COC(=O)CCCCCCCCCCC)COP(=O)(O)OC[C@H](O)COP(=O)(O)OC[C@@H](COC(=O)CCCCCCCCCCCCCCCCC(C)CC)OC(=O)CCCCCCCCCCCCCCCCCCCCC(C)CC. The van der Waals surface area contributed by atoms with Crippen LogP contribution < -0.4 is 0 Å². The van der Waals surface area contributed by atoms with Gasteiger partial charge < -0.3 is 33.8 Å². The summed E-state index contributed by atoms with van der Waals surface area (Å²) in [6.45, 7) is 9.78. The van der Waals surface area contributed by atoms with Crippen molar-refractivity contribution in [2.24, 2.45) is 11.8 Å². The molecule has 0 rings (SSSR count). The number of hydrogen-bond acceptors (Lipinski definition) is 15. The van der Waals surface area contributed by atoms with E-state index in [0.717, 1.165) is 102 Å². The zero-order valence-electron chi connectivity index (χ0n) is 69.0. The number of carbonyl (C=O) groups is 4. The lowest BCUT2D eigenvalue weighted by atomic mass is 9.99. The van der Waals surface area contributed by atoms with Crippen LogP contribution in [-0.4, -0.2) is 96.7 Å². The highest BCUT2D eigenvalue weighted by Gasteiger charge is 2.30. The number of hydrogen-bond donors (Lipinski definition) is 3. The van der Waals surface area contributed by atoms with Gasteiger partial charge in [-0.05, 0) is 37.5 Å². The molecule has 624 valence electrons. The summed E-state index contributed by atoms with van der Waals surface area (Å²) >= 11 is 0. The lowest BCUT2D eigenvalue weighted by molar-refractivity contribution is -0.161. The molecule has 0 radical (unpaired) electrons. The zero-order chi connectivity index (χ0) is 77.1. The van der Waals surface area contributed by atoms with Gasteiger partial charge in [-0.1, -0.05) is 408 Å². The lowest BCUT2D eigenvalue weighted by Gasteiger charge is -2.21. The average Bonchev–Trinajstić information content (AvgIpc) is 0.942. The molecule has 0 aliphatic heterocycles. The molecule has 3 N–H and O–H groups in total. The van der Waals surface area contributed by atoms with Crippen molar-refractivity contribution in [1.29, 1.82) is 0 Å². The van der Waals surface area contributed by atoms with Crippen LogP contribution in [0.25, 0.3) is 0 Å². The van der Waals surface area contributed by atoms with E-state index >= 15 is 0 Å². The molecule has 19 heteroatoms. The standard InChI is InChI=1S/C86H168O17P2/c1-7-11-13-15-17-19-20-21-22-28-35-40-46-52-58-64-70-85(90)102-81(74-96-83(88)68-62-56-50-42-18-16-14-12-8-2)76-100-104(92,93)98-72-80(87)73-99-105(94,95)101-77-82(75-97-84(89)69-63-57-51-45-39-34-31-30-33-38-44-49-55-61-67-79(6)10-4)103-86(91)71-65-59-53-47-41-36-29-26-24-23-25-27-32-37-43-48-54-60-66-78(5)9-3/h78-82,87H,7-77H2,1-6H3,(H,92,93)(H,94,95)/t78?,79?,80-,81+,82+/m0/s1. The van der Waals surface area contributed by atoms with Crippen LogP contribution in [0, 0.1) is 11.8 Å². The Morgan fingerprint density at radius 1 is 0.267 bits per heavy atom. The number of carbonyl (C=O) groups excluding carboxylic acids is 4. The number of aliphatic hydroxyl groups is 1. The van der Waals surface area contributed by atoms with Crippen molar-refractivity contribution in [3.8, 4) is 0 Å². The number of unbranched alkanes of at least 4 members (excludes halogenated alkanes) is 53. The van der Waals surface area contributed by atoms with E-state index in [4.69, 9.17) is 37.0 Å². The Labute approximate surface area is 645 Å². The molecule has 0 bridgehead atoms. The molecule has 0 saturated heterocycles. The summed E-state index contributed by atoms with van der Waals surface area (Å²) in [5.41, 5.74) is 0. The van der Waals surface area contributed by atoms with Crippen LogP contribution in [0.2, 0.25) is 0 Å². The number of rotatable bonds is 85. The summed E-state index contributed by atoms with van der Waals surface area (Å²) in [7, 11) is -9.92. The zero-order valence-corrected chi connectivity index (χ0v) is 70.8. The van der Waals surface area contributed by atoms with E-state index < -0.39 is 97.5 Å². The van der Waals surface area contributed by atoms with Crippen molar-refractivity contribution in [2.75, 3.05) is 39.6 Å². The van der Waals surface area contributed by atoms with Crippen LogP contribution in [0.5, 0.6) is 0 Å². The van der Waals surface area contributed by atoms with Gasteiger partial charge in [0.2, 0.25) is 0 Å². The minimum absolute atomic E-state index is 0.109. The molecule has 0 aliphatic rings. The fourth-order valence-electron chi connectivity index (χ4n) is 13.4. The average molecular weight is 1540 g/mol. The van der Waals surface area contributed by atoms with E-state index in [1.165, 1.54) is 276 Å². The summed E-state index contributed by atoms with van der Waals surface area (Å²) in [5.74, 6) is -0.381. The van der Waals surface area contributed by atoms with Crippen LogP contribution >= 0.6 is 15.6 Å². The maximum atomic E-state index is 13.1. The van der Waals surface area contributed by atoms with E-state index in [1.807, 2.05) is 0 Å². The predicted octanol–water partition coefficient (Wildman–Crippen LogP) is 26.2. The van der Waals surface area contributed by atoms with Gasteiger partial charge >= 0.3 is 39.5 Å². The first-order chi connectivity index (χ1) is 50.9. The topological polar surface area (TPSA) is 237 Å². The number of esters is 4. The predicted molar refractivity (Wildman–Crippen MR) is 432 cm³/mol. The first-order valence-electron chi connectivity index (χ1n) is 44.6. The second-order valence-corrected chi connectivity index (χ2v) is 34.3. The Hall–Kier alpha value is -1.94. The third-order valence-electron chi connectivity index (χ3n) is 20.9. The molecule has 0 aromatic rings. The molecule has 0 spiro atoms. The Morgan fingerprint density at radius 2 is 0.457 bits per heavy atom. The van der Waals surface area contributed by atoms with Gasteiger partial charge in [0.15, 0.2) is 12.2 Å². The molecule has 0 amide bonds. The molecule has 0 saturated carbocycles. The lowest BCUT2D eigenvalue weighted by Crippen LogP contribution is -2.30. The molecule has 7 atom stereocenters. The van der Waals surface area contributed by atoms with Crippen LogP contribution in [0.4, 0.5) is 0 Å². The first kappa shape index (κ1) is 103. The van der Waals surface area contributed by atoms with Crippen LogP contribution in [0.1, 0.15) is 459 Å². The summed E-state index contributed by atoms with van der Waals surface area (Å²) in [5, 5.41) is 10.7. The fraction of sp³-hybridized carbons (Fsp3) is 0.953. The molecule has 0 fully saturated rings. The minimum Gasteiger partial charge on any atom is -0.462 e. The molecule has 0 aromatic carbocycles. The van der Waals surface area contributed by atoms with Gasteiger partial charge in [-0.15, -0.1) is 0 Å². The van der Waals surface area contributed by atoms with Crippen molar-refractivity contribution in [3.05, 3.63) is 0 Å². The van der Waals surface area contributed by atoms with Gasteiger partial charge in [-0.2, -0.15) is 0 Å². The Balaban J connectivity index is 5.21. The van der Waals surface area contributed by atoms with E-state index in [1.54, 1.807) is 0 Å². The van der Waals surface area contributed by atoms with Crippen molar-refractivity contribution in [3.63, 3.8) is 0 Å². The van der Waals surface area contributed by atoms with Crippen molar-refractivity contribution in [1.82, 2.24) is 0 Å². The maximum Gasteiger partial charge on any atom is 0.472 e. The number of phosphoric acid groups is 2. The van der Waals surface area contributed by atoms with Gasteiger partial charge in [0.05, 0.1) is 26.4 Å². The third-order valence-corrected chi connectivity index (χ3v) is 22.8. The van der Waals surface area contributed by atoms with Crippen molar-refractivity contribution in [2.45, 2.75) is 477 Å². The summed E-state index contributed by atoms with van der Waals surface area (Å²) < 4.78 is 68.8. The Morgan fingerprint density at radius 3 is 0.676 bits per heavy atom. The Kier molecular flexibility index (Phi) is 76.0. The first-order valence-corrected chi connectivity index (χ1v) is 47.6. The Bertz CT molecular complexity index is 2010. The minimum atomic E-state index is -4.97. The smallest absolute Gasteiger partial charge is 0.462 e. The molecule has 105 heavy (non-hydrogen) atoms. The molecular weight excluding hydrogens is 1370 g/mol. The maximum absolute atomic E-state index is 13.1. The van der Waals surface area contributed by atoms with E-state index in [9.17, 15) is 43.2 Å². The molecule has 0 aromatic heterocycles. The van der Waals surface area contributed by atoms with E-state index in [-0.39, 0.29) is 25.7 Å². The largest absolute Gasteiger partial charge is 0.472 e. The number of ether oxygens (including phenoxy) is 4. The molecule has 0 heterocycles. The van der Waals surface area contributed by atoms with Gasteiger partial charge in [0.1, 0.15) is 19.3 Å². The van der Waals surface area contributed by atoms with E-state index in [2.05, 4.69) is 41.5 Å². The monoisotopic (exact) mass is 1540 g/mol. The highest BCUT2D eigenvalue weighted by molar-refractivity contribution is 7.47. The summed E-state index contributed by atoms with van der Waals surface area (Å²) in [6, 6.07) is 0. The van der Waals surface area contributed by atoms with Crippen LogP contribution in [0.15, 0.2) is 0 Å². The molecule has 17 nitrogen and oxygen atoms in total. The highest BCUT2D eigenvalue weighted by Crippen LogP contribution is 2.45. The molecule has 4 unspecified atom stereocenters. The number of aliphatic hydroxyl groups excluding tert-OH is 1. The van der Waals surface area contributed by atoms with Crippen LogP contribution in [-0.2, 0) is 65.4 Å². The van der Waals surface area contributed by atoms with Gasteiger partial charge in [-0.3, -0.25) is 37.3 Å². The summed E-state index contributed by atoms with van der Waals surface area (Å²) in [4.78, 5) is 73.2. The molecule has 0 aliphatic carbocycles. The second-order valence-electron chi connectivity index (χ2n) is 31.4. The quantitative estimate of drug-likeness (QED) is 0.0222. The molecular formula is C86H168O17P2. The fourth-order valence-corrected chi connectivity index (χ4v) is 14.9. The summed E-state index contributed by atoms with van der Waals surface area (Å²) in [6.07, 6.45) is 69.3. The van der Waals surface area contributed by atoms with Gasteiger partial charge in [0.25, 0.3) is 0 Å². The second kappa shape index (κ2) is 77.4. The highest BCUT2D eigenvalue weighted by atomic mass is 31.2. The van der Waals surface area contributed by atoms with Gasteiger partial charge in [0, 0.05) is 25.7 Å². The van der Waals surface area contributed by atoms with Gasteiger partial charge in [-0.25, -0.2) is 9.13 Å². The normalized spacial score (nSPS) is 14.3. The van der Waals surface area contributed by atoms with Crippen LogP contribution in [0.3, 0.4) is 0 Å². The van der Waals surface area contributed by atoms with Crippen molar-refractivity contribution >= 4 is 39.5 Å². The van der Waals surface area contributed by atoms with Crippen molar-refractivity contribution < 1.29 is 80.2 Å².